The molecule has 1 saturated carbocycles. The van der Waals surface area contributed by atoms with E-state index in [1.165, 1.54) is 16.6 Å². The average Bonchev–Trinajstić information content (AvgIpc) is 2.88. The predicted molar refractivity (Wildman–Crippen MR) is 82.1 cm³/mol. The fourth-order valence-electron chi connectivity index (χ4n) is 2.26. The SMILES string of the molecule is Cc1ncc(S(=O)(=O)NC(=O)[C@@H]2C[C@H]2c2sccc2C)s1. The molecule has 1 amide bonds. The van der Waals surface area contributed by atoms with E-state index < -0.39 is 15.9 Å². The first-order chi connectivity index (χ1) is 9.88. The van der Waals surface area contributed by atoms with E-state index in [4.69, 9.17) is 0 Å². The first kappa shape index (κ1) is 14.7. The zero-order valence-corrected chi connectivity index (χ0v) is 13.9. The Kier molecular flexibility index (Phi) is 3.62. The van der Waals surface area contributed by atoms with Crippen LogP contribution in [0.5, 0.6) is 0 Å². The van der Waals surface area contributed by atoms with E-state index in [0.29, 0.717) is 11.4 Å². The number of hydrogen-bond donors (Lipinski definition) is 1. The molecule has 0 aliphatic heterocycles. The summed E-state index contributed by atoms with van der Waals surface area (Å²) in [4.78, 5) is 17.2. The van der Waals surface area contributed by atoms with E-state index in [1.807, 2.05) is 18.4 Å². The zero-order chi connectivity index (χ0) is 15.2. The minimum atomic E-state index is -3.79. The monoisotopic (exact) mass is 342 g/mol. The molecule has 1 fully saturated rings. The van der Waals surface area contributed by atoms with Crippen LogP contribution in [0.15, 0.2) is 21.9 Å². The maximum absolute atomic E-state index is 12.1. The fourth-order valence-corrected chi connectivity index (χ4v) is 5.51. The van der Waals surface area contributed by atoms with Crippen molar-refractivity contribution in [2.24, 2.45) is 5.92 Å². The summed E-state index contributed by atoms with van der Waals surface area (Å²) in [5, 5.41) is 2.65. The molecule has 1 N–H and O–H groups in total. The van der Waals surface area contributed by atoms with E-state index in [2.05, 4.69) is 9.71 Å². The summed E-state index contributed by atoms with van der Waals surface area (Å²) in [5.41, 5.74) is 1.17. The van der Waals surface area contributed by atoms with Crippen LogP contribution in [0.25, 0.3) is 0 Å². The van der Waals surface area contributed by atoms with Gasteiger partial charge in [-0.2, -0.15) is 0 Å². The second-order valence-electron chi connectivity index (χ2n) is 5.08. The largest absolute Gasteiger partial charge is 0.275 e. The van der Waals surface area contributed by atoms with Crippen molar-refractivity contribution in [3.8, 4) is 0 Å². The maximum Gasteiger partial charge on any atom is 0.275 e. The Hall–Kier alpha value is -1.25. The molecule has 5 nitrogen and oxygen atoms in total. The van der Waals surface area contributed by atoms with Crippen LogP contribution in [-0.2, 0) is 14.8 Å². The third-order valence-corrected chi connectivity index (χ3v) is 7.34. The number of thiazole rings is 1. The molecule has 0 unspecified atom stereocenters. The summed E-state index contributed by atoms with van der Waals surface area (Å²) in [6, 6.07) is 2.02. The number of nitrogens with zero attached hydrogens (tertiary/aromatic N) is 1. The van der Waals surface area contributed by atoms with Gasteiger partial charge in [0.1, 0.15) is 0 Å². The standard InChI is InChI=1S/C13H14N2O3S3/c1-7-3-4-19-12(7)9-5-10(9)13(16)15-21(17,18)11-6-14-8(2)20-11/h3-4,6,9-10H,5H2,1-2H3,(H,15,16)/t9-,10-/m1/s1. The molecule has 1 aliphatic rings. The van der Waals surface area contributed by atoms with E-state index in [9.17, 15) is 13.2 Å². The van der Waals surface area contributed by atoms with Crippen molar-refractivity contribution in [1.29, 1.82) is 0 Å². The van der Waals surface area contributed by atoms with Crippen molar-refractivity contribution in [1.82, 2.24) is 9.71 Å². The fraction of sp³-hybridized carbons (Fsp3) is 0.385. The number of sulfonamides is 1. The molecule has 2 heterocycles. The number of aromatic nitrogens is 1. The molecule has 2 atom stereocenters. The Morgan fingerprint density at radius 2 is 2.19 bits per heavy atom. The van der Waals surface area contributed by atoms with Crippen LogP contribution in [0.2, 0.25) is 0 Å². The number of aryl methyl sites for hydroxylation is 2. The summed E-state index contributed by atoms with van der Waals surface area (Å²) >= 11 is 2.68. The molecule has 2 aromatic heterocycles. The smallest absolute Gasteiger partial charge is 0.274 e. The normalized spacial score (nSPS) is 21.2. The Bertz CT molecular complexity index is 791. The van der Waals surface area contributed by atoms with Crippen molar-refractivity contribution < 1.29 is 13.2 Å². The summed E-state index contributed by atoms with van der Waals surface area (Å²) in [7, 11) is -3.79. The third kappa shape index (κ3) is 2.88. The first-order valence-electron chi connectivity index (χ1n) is 6.41. The van der Waals surface area contributed by atoms with Crippen LogP contribution in [-0.4, -0.2) is 19.3 Å². The van der Waals surface area contributed by atoms with Crippen molar-refractivity contribution in [2.75, 3.05) is 0 Å². The van der Waals surface area contributed by atoms with Gasteiger partial charge in [0.05, 0.1) is 11.2 Å². The summed E-state index contributed by atoms with van der Waals surface area (Å²) in [5.74, 6) is -0.506. The van der Waals surface area contributed by atoms with Crippen LogP contribution >= 0.6 is 22.7 Å². The molecule has 0 saturated heterocycles. The highest BCUT2D eigenvalue weighted by Crippen LogP contribution is 2.50. The molecule has 1 aliphatic carbocycles. The Balaban J connectivity index is 1.70. The number of rotatable bonds is 4. The van der Waals surface area contributed by atoms with Crippen molar-refractivity contribution >= 4 is 38.6 Å². The second kappa shape index (κ2) is 5.19. The Morgan fingerprint density at radius 3 is 2.76 bits per heavy atom. The van der Waals surface area contributed by atoms with Gasteiger partial charge in [0.2, 0.25) is 5.91 Å². The molecule has 21 heavy (non-hydrogen) atoms. The van der Waals surface area contributed by atoms with Crippen LogP contribution in [0.3, 0.4) is 0 Å². The van der Waals surface area contributed by atoms with Gasteiger partial charge in [-0.1, -0.05) is 0 Å². The van der Waals surface area contributed by atoms with Gasteiger partial charge in [-0.25, -0.2) is 18.1 Å². The van der Waals surface area contributed by atoms with Gasteiger partial charge >= 0.3 is 0 Å². The van der Waals surface area contributed by atoms with E-state index in [-0.39, 0.29) is 16.0 Å². The van der Waals surface area contributed by atoms with Crippen molar-refractivity contribution in [3.05, 3.63) is 33.1 Å². The van der Waals surface area contributed by atoms with E-state index in [1.54, 1.807) is 18.3 Å². The minimum absolute atomic E-state index is 0.0813. The zero-order valence-electron chi connectivity index (χ0n) is 11.5. The molecule has 0 radical (unpaired) electrons. The first-order valence-corrected chi connectivity index (χ1v) is 9.59. The van der Waals surface area contributed by atoms with Gasteiger partial charge in [-0.15, -0.1) is 22.7 Å². The number of carbonyl (C=O) groups excluding carboxylic acids is 1. The van der Waals surface area contributed by atoms with Crippen LogP contribution in [0.4, 0.5) is 0 Å². The molecule has 0 aromatic carbocycles. The number of hydrogen-bond acceptors (Lipinski definition) is 6. The molecule has 0 spiro atoms. The van der Waals surface area contributed by atoms with E-state index in [0.717, 1.165) is 11.3 Å². The third-order valence-electron chi connectivity index (χ3n) is 3.47. The molecule has 8 heteroatoms. The summed E-state index contributed by atoms with van der Waals surface area (Å²) < 4.78 is 26.4. The van der Waals surface area contributed by atoms with Gasteiger partial charge in [0.15, 0.2) is 4.21 Å². The lowest BCUT2D eigenvalue weighted by molar-refractivity contribution is -0.120. The summed E-state index contributed by atoms with van der Waals surface area (Å²) in [6.45, 7) is 3.73. The molecular formula is C13H14N2O3S3. The number of amides is 1. The molecule has 3 rings (SSSR count). The number of carbonyl (C=O) groups is 1. The lowest BCUT2D eigenvalue weighted by Gasteiger charge is -2.04. The van der Waals surface area contributed by atoms with Crippen LogP contribution in [0.1, 0.15) is 27.8 Å². The highest BCUT2D eigenvalue weighted by atomic mass is 32.2. The predicted octanol–water partition coefficient (Wildman–Crippen LogP) is 2.43. The lowest BCUT2D eigenvalue weighted by Crippen LogP contribution is -2.31. The van der Waals surface area contributed by atoms with Crippen LogP contribution < -0.4 is 4.72 Å². The molecule has 0 bridgehead atoms. The highest BCUT2D eigenvalue weighted by Gasteiger charge is 2.46. The molecule has 2 aromatic rings. The highest BCUT2D eigenvalue weighted by molar-refractivity contribution is 7.92. The Morgan fingerprint density at radius 1 is 1.43 bits per heavy atom. The van der Waals surface area contributed by atoms with Crippen molar-refractivity contribution in [2.45, 2.75) is 30.4 Å². The van der Waals surface area contributed by atoms with Crippen LogP contribution in [0, 0.1) is 19.8 Å². The maximum atomic E-state index is 12.1. The minimum Gasteiger partial charge on any atom is -0.274 e. The van der Waals surface area contributed by atoms with Gasteiger partial charge in [0.25, 0.3) is 10.0 Å². The lowest BCUT2D eigenvalue weighted by atomic mass is 10.2. The number of nitrogens with one attached hydrogen (secondary N) is 1. The topological polar surface area (TPSA) is 76.1 Å². The number of thiophene rings is 1. The van der Waals surface area contributed by atoms with E-state index >= 15 is 0 Å². The quantitative estimate of drug-likeness (QED) is 0.926. The molecule has 112 valence electrons. The molecular weight excluding hydrogens is 328 g/mol. The second-order valence-corrected chi connectivity index (χ2v) is 9.18. The summed E-state index contributed by atoms with van der Waals surface area (Å²) in [6.07, 6.45) is 1.99. The van der Waals surface area contributed by atoms with Gasteiger partial charge < -0.3 is 0 Å². The average molecular weight is 342 g/mol. The Labute approximate surface area is 131 Å². The van der Waals surface area contributed by atoms with Gasteiger partial charge in [-0.3, -0.25) is 4.79 Å². The van der Waals surface area contributed by atoms with Gasteiger partial charge in [0, 0.05) is 16.7 Å². The van der Waals surface area contributed by atoms with Gasteiger partial charge in [-0.05, 0) is 37.3 Å². The van der Waals surface area contributed by atoms with Crippen molar-refractivity contribution in [3.63, 3.8) is 0 Å².